The van der Waals surface area contributed by atoms with Crippen molar-refractivity contribution in [2.75, 3.05) is 0 Å². The summed E-state index contributed by atoms with van der Waals surface area (Å²) in [5.41, 5.74) is 16.8. The monoisotopic (exact) mass is 545 g/mol. The average molecular weight is 546 g/mol. The quantitative estimate of drug-likeness (QED) is 0.212. The number of nitrogens with two attached hydrogens (primary N) is 1. The first-order chi connectivity index (χ1) is 18.7. The van der Waals surface area contributed by atoms with Gasteiger partial charge in [-0.05, 0) is 57.1 Å². The van der Waals surface area contributed by atoms with Crippen molar-refractivity contribution >= 4 is 34.4 Å². The number of hydrogen-bond donors (Lipinski definition) is 1. The average Bonchev–Trinajstić information content (AvgIpc) is 3.38. The lowest BCUT2D eigenvalue weighted by Gasteiger charge is -2.12. The summed E-state index contributed by atoms with van der Waals surface area (Å²) >= 11 is 5.14. The first-order valence-corrected chi connectivity index (χ1v) is 15.1. The largest absolute Gasteiger partial charge is 0.318 e. The van der Waals surface area contributed by atoms with Crippen LogP contribution in [-0.2, 0) is 0 Å². The van der Waals surface area contributed by atoms with Crippen molar-refractivity contribution in [1.82, 2.24) is 9.97 Å². The van der Waals surface area contributed by atoms with Gasteiger partial charge in [0.05, 0.1) is 10.6 Å². The van der Waals surface area contributed by atoms with Crippen molar-refractivity contribution in [3.8, 4) is 54.5 Å². The summed E-state index contributed by atoms with van der Waals surface area (Å²) in [6, 6.07) is 33.2. The molecule has 6 heteroatoms. The topological polar surface area (TPSA) is 51.8 Å². The minimum Gasteiger partial charge on any atom is -0.318 e. The lowest BCUT2D eigenvalue weighted by atomic mass is 9.92. The molecule has 38 heavy (non-hydrogen) atoms. The maximum atomic E-state index is 6.06. The second kappa shape index (κ2) is 9.97. The number of nitrogens with zero attached hydrogens (tertiary/aromatic N) is 2. The Bertz CT molecular complexity index is 1580. The summed E-state index contributed by atoms with van der Waals surface area (Å²) in [7, 11) is 0. The molecule has 1 fully saturated rings. The predicted molar refractivity (Wildman–Crippen MR) is 163 cm³/mol. The van der Waals surface area contributed by atoms with E-state index in [9.17, 15) is 0 Å². The van der Waals surface area contributed by atoms with Crippen LogP contribution in [0.25, 0.3) is 54.5 Å². The summed E-state index contributed by atoms with van der Waals surface area (Å²) in [6.45, 7) is 0. The minimum atomic E-state index is 0.232. The van der Waals surface area contributed by atoms with Crippen LogP contribution < -0.4 is 5.73 Å². The fourth-order valence-electron chi connectivity index (χ4n) is 4.73. The molecule has 1 unspecified atom stereocenters. The molecule has 0 amide bonds. The van der Waals surface area contributed by atoms with E-state index in [0.29, 0.717) is 5.25 Å². The van der Waals surface area contributed by atoms with E-state index in [2.05, 4.69) is 101 Å². The standard InChI is InChI=1S/C32H23N3S3/c33-30-29(38-30)23-7-1-20(2-8-23)26-17-27(21-3-9-24(10-4-21)31-34-13-15-36-31)19-28(18-26)22-5-11-25(12-6-22)32-35-14-16-37-32/h1-19,29-30H,33H2/t29-,30?/m0/s1. The highest BCUT2D eigenvalue weighted by Gasteiger charge is 2.35. The normalized spacial score (nSPS) is 16.4. The van der Waals surface area contributed by atoms with Gasteiger partial charge < -0.3 is 5.73 Å². The van der Waals surface area contributed by atoms with Crippen LogP contribution in [0.1, 0.15) is 10.8 Å². The van der Waals surface area contributed by atoms with Crippen LogP contribution in [0.5, 0.6) is 0 Å². The Morgan fingerprint density at radius 2 is 0.868 bits per heavy atom. The Kier molecular flexibility index (Phi) is 6.18. The van der Waals surface area contributed by atoms with Crippen LogP contribution in [0.4, 0.5) is 0 Å². The van der Waals surface area contributed by atoms with Gasteiger partial charge in [-0.15, -0.1) is 34.4 Å². The van der Waals surface area contributed by atoms with Crippen molar-refractivity contribution in [2.45, 2.75) is 10.6 Å². The van der Waals surface area contributed by atoms with E-state index >= 15 is 0 Å². The van der Waals surface area contributed by atoms with Crippen LogP contribution in [0.3, 0.4) is 0 Å². The number of benzene rings is 4. The molecule has 1 aliphatic rings. The maximum absolute atomic E-state index is 6.06. The Labute approximate surface area is 234 Å². The first-order valence-electron chi connectivity index (χ1n) is 12.4. The Morgan fingerprint density at radius 3 is 1.21 bits per heavy atom. The van der Waals surface area contributed by atoms with Crippen LogP contribution in [0, 0.1) is 0 Å². The van der Waals surface area contributed by atoms with Crippen LogP contribution >= 0.6 is 34.4 Å². The van der Waals surface area contributed by atoms with E-state index in [4.69, 9.17) is 5.73 Å². The number of rotatable bonds is 6. The van der Waals surface area contributed by atoms with Crippen molar-refractivity contribution in [3.05, 3.63) is 120 Å². The van der Waals surface area contributed by atoms with Gasteiger partial charge in [-0.3, -0.25) is 0 Å². The van der Waals surface area contributed by atoms with Crippen LogP contribution in [-0.4, -0.2) is 15.3 Å². The number of hydrogen-bond acceptors (Lipinski definition) is 6. The van der Waals surface area contributed by atoms with Crippen molar-refractivity contribution in [2.24, 2.45) is 5.73 Å². The molecule has 2 aromatic heterocycles. The zero-order valence-corrected chi connectivity index (χ0v) is 22.8. The van der Waals surface area contributed by atoms with E-state index < -0.39 is 0 Å². The zero-order valence-electron chi connectivity index (χ0n) is 20.3. The molecule has 3 heterocycles. The van der Waals surface area contributed by atoms with Crippen molar-refractivity contribution in [1.29, 1.82) is 0 Å². The molecule has 4 aromatic carbocycles. The fourth-order valence-corrected chi connectivity index (χ4v) is 6.74. The van der Waals surface area contributed by atoms with Crippen LogP contribution in [0.2, 0.25) is 0 Å². The Hall–Kier alpha value is -3.55. The Morgan fingerprint density at radius 1 is 0.500 bits per heavy atom. The SMILES string of the molecule is NC1S[C@H]1c1ccc(-c2cc(-c3ccc(-c4nccs4)cc3)cc(-c3ccc(-c4nccs4)cc3)c2)cc1. The molecule has 0 aliphatic carbocycles. The molecule has 6 aromatic rings. The van der Waals surface area contributed by atoms with Crippen LogP contribution in [0.15, 0.2) is 114 Å². The van der Waals surface area contributed by atoms with E-state index in [1.165, 1.54) is 38.9 Å². The van der Waals surface area contributed by atoms with Gasteiger partial charge in [0, 0.05) is 34.3 Å². The number of thiazole rings is 2. The molecule has 7 rings (SSSR count). The highest BCUT2D eigenvalue weighted by Crippen LogP contribution is 2.51. The summed E-state index contributed by atoms with van der Waals surface area (Å²) in [5, 5.41) is 6.77. The lowest BCUT2D eigenvalue weighted by molar-refractivity contribution is 0.992. The van der Waals surface area contributed by atoms with E-state index in [0.717, 1.165) is 21.1 Å². The van der Waals surface area contributed by atoms with Gasteiger partial charge in [-0.2, -0.15) is 0 Å². The summed E-state index contributed by atoms with van der Waals surface area (Å²) in [5.74, 6) is 0. The summed E-state index contributed by atoms with van der Waals surface area (Å²) in [6.07, 6.45) is 3.70. The van der Waals surface area contributed by atoms with Gasteiger partial charge in [0.2, 0.25) is 0 Å². The molecular formula is C32H23N3S3. The highest BCUT2D eigenvalue weighted by atomic mass is 32.2. The van der Waals surface area contributed by atoms with E-state index in [-0.39, 0.29) is 5.37 Å². The molecule has 0 saturated carbocycles. The second-order valence-corrected chi connectivity index (χ2v) is 12.4. The van der Waals surface area contributed by atoms with Crippen molar-refractivity contribution in [3.63, 3.8) is 0 Å². The zero-order chi connectivity index (χ0) is 25.5. The fraction of sp³-hybridized carbons (Fsp3) is 0.0625. The van der Waals surface area contributed by atoms with Gasteiger partial charge in [-0.25, -0.2) is 9.97 Å². The second-order valence-electron chi connectivity index (χ2n) is 9.27. The van der Waals surface area contributed by atoms with Gasteiger partial charge >= 0.3 is 0 Å². The predicted octanol–water partition coefficient (Wildman–Crippen LogP) is 9.01. The summed E-state index contributed by atoms with van der Waals surface area (Å²) in [4.78, 5) is 8.91. The molecule has 1 aliphatic heterocycles. The van der Waals surface area contributed by atoms with Gasteiger partial charge in [0.15, 0.2) is 0 Å². The first kappa shape index (κ1) is 23.6. The highest BCUT2D eigenvalue weighted by molar-refractivity contribution is 8.07. The van der Waals surface area contributed by atoms with Gasteiger partial charge in [-0.1, -0.05) is 72.8 Å². The molecule has 2 N–H and O–H groups in total. The van der Waals surface area contributed by atoms with E-state index in [1.54, 1.807) is 22.7 Å². The third kappa shape index (κ3) is 4.72. The van der Waals surface area contributed by atoms with Gasteiger partial charge in [0.1, 0.15) is 10.0 Å². The van der Waals surface area contributed by atoms with Crippen molar-refractivity contribution < 1.29 is 0 Å². The molecular weight excluding hydrogens is 523 g/mol. The minimum absolute atomic E-state index is 0.232. The number of aromatic nitrogens is 2. The third-order valence-corrected chi connectivity index (χ3v) is 9.60. The van der Waals surface area contributed by atoms with E-state index in [1.807, 2.05) is 34.9 Å². The third-order valence-electron chi connectivity index (χ3n) is 6.83. The lowest BCUT2D eigenvalue weighted by Crippen LogP contribution is -2.00. The molecule has 184 valence electrons. The molecule has 0 spiro atoms. The molecule has 2 atom stereocenters. The van der Waals surface area contributed by atoms with Gasteiger partial charge in [0.25, 0.3) is 0 Å². The summed E-state index contributed by atoms with van der Waals surface area (Å²) < 4.78 is 0. The Balaban J connectivity index is 1.28. The smallest absolute Gasteiger partial charge is 0.123 e. The molecule has 0 radical (unpaired) electrons. The molecule has 1 saturated heterocycles. The molecule has 0 bridgehead atoms. The molecule has 3 nitrogen and oxygen atoms in total. The number of thioether (sulfide) groups is 1. The maximum Gasteiger partial charge on any atom is 0.123 e.